The van der Waals surface area contributed by atoms with Gasteiger partial charge < -0.3 is 5.02 Å². The molecule has 0 aromatic carbocycles. The van der Waals surface area contributed by atoms with Gasteiger partial charge in [-0.1, -0.05) is 12.0 Å². The van der Waals surface area contributed by atoms with Gasteiger partial charge in [0.2, 0.25) is 0 Å². The fourth-order valence-corrected chi connectivity index (χ4v) is 0.687. The fraction of sp³-hybridized carbons (Fsp3) is 0. The van der Waals surface area contributed by atoms with Crippen LogP contribution in [0.3, 0.4) is 0 Å². The molecule has 3 heteroatoms. The van der Waals surface area contributed by atoms with Crippen LogP contribution in [0.25, 0.3) is 0 Å². The first-order valence-corrected chi connectivity index (χ1v) is 3.05. The normalized spacial score (nSPS) is 8.90. The molecule has 0 radical (unpaired) electrons. The van der Waals surface area contributed by atoms with Gasteiger partial charge in [-0.25, -0.2) is 0 Å². The maximum atomic E-state index is 9.17. The van der Waals surface area contributed by atoms with E-state index in [2.05, 4.69) is 11.6 Å². The van der Waals surface area contributed by atoms with Crippen molar-refractivity contribution in [2.24, 2.45) is 0 Å². The second kappa shape index (κ2) is 3.18. The Morgan fingerprint density at radius 1 is 1.70 bits per heavy atom. The maximum Gasteiger partial charge on any atom is 0.352 e. The van der Waals surface area contributed by atoms with Gasteiger partial charge in [-0.15, -0.1) is 6.58 Å². The SMILES string of the molecule is C=CB(O)c1cccnc1. The highest BCUT2D eigenvalue weighted by atomic mass is 16.2. The van der Waals surface area contributed by atoms with Crippen LogP contribution in [0, 0.1) is 0 Å². The van der Waals surface area contributed by atoms with Crippen LogP contribution in [-0.4, -0.2) is 16.9 Å². The first-order chi connectivity index (χ1) is 4.84. The number of hydrogen-bond donors (Lipinski definition) is 1. The van der Waals surface area contributed by atoms with Crippen LogP contribution in [0.15, 0.2) is 37.1 Å². The molecule has 1 rings (SSSR count). The van der Waals surface area contributed by atoms with E-state index < -0.39 is 6.92 Å². The minimum atomic E-state index is -0.589. The minimum Gasteiger partial charge on any atom is -0.443 e. The fourth-order valence-electron chi connectivity index (χ4n) is 0.687. The number of pyridine rings is 1. The van der Waals surface area contributed by atoms with Gasteiger partial charge in [-0.3, -0.25) is 4.98 Å². The van der Waals surface area contributed by atoms with E-state index in [1.807, 2.05) is 0 Å². The molecule has 0 saturated carbocycles. The summed E-state index contributed by atoms with van der Waals surface area (Å²) in [6.07, 6.45) is 3.28. The predicted molar refractivity (Wildman–Crippen MR) is 42.0 cm³/mol. The van der Waals surface area contributed by atoms with Crippen molar-refractivity contribution in [2.75, 3.05) is 0 Å². The van der Waals surface area contributed by atoms with Crippen molar-refractivity contribution in [3.05, 3.63) is 37.1 Å². The molecule has 10 heavy (non-hydrogen) atoms. The first kappa shape index (κ1) is 7.03. The van der Waals surface area contributed by atoms with Crippen molar-refractivity contribution in [2.45, 2.75) is 0 Å². The lowest BCUT2D eigenvalue weighted by Crippen LogP contribution is -2.27. The molecule has 2 nitrogen and oxygen atoms in total. The van der Waals surface area contributed by atoms with Crippen molar-refractivity contribution >= 4 is 12.4 Å². The van der Waals surface area contributed by atoms with E-state index >= 15 is 0 Å². The topological polar surface area (TPSA) is 33.1 Å². The molecule has 0 fully saturated rings. The molecule has 0 aliphatic rings. The van der Waals surface area contributed by atoms with Gasteiger partial charge in [0.1, 0.15) is 0 Å². The average molecular weight is 133 g/mol. The second-order valence-electron chi connectivity index (χ2n) is 1.97. The van der Waals surface area contributed by atoms with Crippen LogP contribution in [0.2, 0.25) is 0 Å². The Morgan fingerprint density at radius 2 is 2.50 bits per heavy atom. The average Bonchev–Trinajstić information content (AvgIpc) is 2.05. The number of hydrogen-bond acceptors (Lipinski definition) is 2. The molecule has 0 atom stereocenters. The van der Waals surface area contributed by atoms with E-state index in [-0.39, 0.29) is 0 Å². The predicted octanol–water partition coefficient (Wildman–Crippen LogP) is -0.00240. The molecule has 0 bridgehead atoms. The molecule has 0 unspecified atom stereocenters. The largest absolute Gasteiger partial charge is 0.443 e. The molecule has 50 valence electrons. The monoisotopic (exact) mass is 133 g/mol. The minimum absolute atomic E-state index is 0.589. The molecule has 1 heterocycles. The van der Waals surface area contributed by atoms with E-state index in [0.29, 0.717) is 0 Å². The Bertz CT molecular complexity index is 212. The Kier molecular flexibility index (Phi) is 2.23. The smallest absolute Gasteiger partial charge is 0.352 e. The summed E-state index contributed by atoms with van der Waals surface area (Å²) in [5.74, 6) is 1.47. The summed E-state index contributed by atoms with van der Waals surface area (Å²) >= 11 is 0. The maximum absolute atomic E-state index is 9.17. The van der Waals surface area contributed by atoms with Crippen LogP contribution in [0.1, 0.15) is 0 Å². The molecule has 0 amide bonds. The van der Waals surface area contributed by atoms with Gasteiger partial charge >= 0.3 is 6.92 Å². The van der Waals surface area contributed by atoms with E-state index in [1.54, 1.807) is 24.5 Å². The van der Waals surface area contributed by atoms with Crippen LogP contribution in [-0.2, 0) is 0 Å². The number of aromatic nitrogens is 1. The summed E-state index contributed by atoms with van der Waals surface area (Å²) in [6.45, 7) is 2.87. The molecule has 0 aliphatic heterocycles. The van der Waals surface area contributed by atoms with Gasteiger partial charge in [0.15, 0.2) is 0 Å². The lowest BCUT2D eigenvalue weighted by atomic mass is 9.63. The van der Waals surface area contributed by atoms with Gasteiger partial charge in [-0.05, 0) is 11.5 Å². The Labute approximate surface area is 60.3 Å². The van der Waals surface area contributed by atoms with E-state index in [4.69, 9.17) is 0 Å². The van der Waals surface area contributed by atoms with Gasteiger partial charge in [0, 0.05) is 12.4 Å². The van der Waals surface area contributed by atoms with Crippen LogP contribution >= 0.6 is 0 Å². The van der Waals surface area contributed by atoms with E-state index in [9.17, 15) is 5.02 Å². The van der Waals surface area contributed by atoms with E-state index in [0.717, 1.165) is 5.46 Å². The molecule has 1 aromatic rings. The molecular weight excluding hydrogens is 125 g/mol. The highest BCUT2D eigenvalue weighted by molar-refractivity contribution is 6.70. The van der Waals surface area contributed by atoms with Gasteiger partial charge in [0.05, 0.1) is 0 Å². The van der Waals surface area contributed by atoms with Crippen LogP contribution in [0.5, 0.6) is 0 Å². The lowest BCUT2D eigenvalue weighted by molar-refractivity contribution is 0.599. The Hall–Kier alpha value is -1.09. The summed E-state index contributed by atoms with van der Waals surface area (Å²) in [5, 5.41) is 9.17. The molecule has 1 aromatic heterocycles. The van der Waals surface area contributed by atoms with Gasteiger partial charge in [-0.2, -0.15) is 0 Å². The van der Waals surface area contributed by atoms with Crippen LogP contribution in [0.4, 0.5) is 0 Å². The molecule has 1 N–H and O–H groups in total. The summed E-state index contributed by atoms with van der Waals surface area (Å²) in [4.78, 5) is 3.85. The number of nitrogens with zero attached hydrogens (tertiary/aromatic N) is 1. The summed E-state index contributed by atoms with van der Waals surface area (Å²) in [5.41, 5.74) is 0.775. The van der Waals surface area contributed by atoms with Crippen molar-refractivity contribution in [1.82, 2.24) is 4.98 Å². The highest BCUT2D eigenvalue weighted by Gasteiger charge is 2.06. The molecule has 0 aliphatic carbocycles. The zero-order chi connectivity index (χ0) is 7.40. The van der Waals surface area contributed by atoms with Gasteiger partial charge in [0.25, 0.3) is 0 Å². The van der Waals surface area contributed by atoms with Crippen molar-refractivity contribution in [1.29, 1.82) is 0 Å². The third-order valence-corrected chi connectivity index (χ3v) is 1.25. The molecule has 0 spiro atoms. The quantitative estimate of drug-likeness (QED) is 0.576. The molecular formula is C7H8BNO. The summed E-state index contributed by atoms with van der Waals surface area (Å²) in [7, 11) is 0. The highest BCUT2D eigenvalue weighted by Crippen LogP contribution is 1.81. The standard InChI is InChI=1S/C7H8BNO/c1-2-8(10)7-4-3-5-9-6-7/h2-6,10H,1H2. The van der Waals surface area contributed by atoms with Crippen molar-refractivity contribution in [3.8, 4) is 0 Å². The molecule has 0 saturated heterocycles. The zero-order valence-corrected chi connectivity index (χ0v) is 5.57. The summed E-state index contributed by atoms with van der Waals surface area (Å²) < 4.78 is 0. The third kappa shape index (κ3) is 1.45. The summed E-state index contributed by atoms with van der Waals surface area (Å²) in [6, 6.07) is 3.58. The third-order valence-electron chi connectivity index (χ3n) is 1.25. The zero-order valence-electron chi connectivity index (χ0n) is 5.57. The van der Waals surface area contributed by atoms with Crippen molar-refractivity contribution < 1.29 is 5.02 Å². The number of rotatable bonds is 2. The second-order valence-corrected chi connectivity index (χ2v) is 1.97. The Balaban J connectivity index is 2.84. The lowest BCUT2D eigenvalue weighted by Gasteiger charge is -1.97. The van der Waals surface area contributed by atoms with Crippen LogP contribution < -0.4 is 5.46 Å². The first-order valence-electron chi connectivity index (χ1n) is 3.05. The van der Waals surface area contributed by atoms with Crippen molar-refractivity contribution in [3.63, 3.8) is 0 Å². The van der Waals surface area contributed by atoms with E-state index in [1.165, 1.54) is 5.98 Å². The Morgan fingerprint density at radius 3 is 3.00 bits per heavy atom.